The third kappa shape index (κ3) is 3.59. The van der Waals surface area contributed by atoms with Crippen molar-refractivity contribution in [3.05, 3.63) is 45.1 Å². The lowest BCUT2D eigenvalue weighted by molar-refractivity contribution is 0.0697. The highest BCUT2D eigenvalue weighted by Crippen LogP contribution is 2.32. The van der Waals surface area contributed by atoms with Gasteiger partial charge in [0.15, 0.2) is 0 Å². The monoisotopic (exact) mass is 396 g/mol. The maximum Gasteiger partial charge on any atom is 0.337 e. The molecule has 0 unspecified atom stereocenters. The van der Waals surface area contributed by atoms with E-state index in [1.165, 1.54) is 25.0 Å². The van der Waals surface area contributed by atoms with Crippen molar-refractivity contribution in [2.24, 2.45) is 4.99 Å². The van der Waals surface area contributed by atoms with Gasteiger partial charge in [0, 0.05) is 19.2 Å². The van der Waals surface area contributed by atoms with Gasteiger partial charge in [0.2, 0.25) is 5.88 Å². The van der Waals surface area contributed by atoms with Crippen molar-refractivity contribution >= 4 is 51.3 Å². The summed E-state index contributed by atoms with van der Waals surface area (Å²) in [6.45, 7) is 1.98. The van der Waals surface area contributed by atoms with Crippen molar-refractivity contribution in [1.82, 2.24) is 0 Å². The third-order valence-electron chi connectivity index (χ3n) is 3.60. The second-order valence-electron chi connectivity index (χ2n) is 5.22. The Balaban J connectivity index is 1.81. The topological polar surface area (TPSA) is 66.0 Å². The van der Waals surface area contributed by atoms with Crippen LogP contribution in [0.15, 0.2) is 38.1 Å². The number of halogens is 2. The number of hydrogen-bond acceptors (Lipinski definition) is 4. The molecule has 0 amide bonds. The van der Waals surface area contributed by atoms with Gasteiger partial charge in [-0.3, -0.25) is 4.99 Å². The number of carbonyl (C=O) groups is 1. The molecule has 0 radical (unpaired) electrons. The van der Waals surface area contributed by atoms with Gasteiger partial charge in [-0.1, -0.05) is 11.6 Å². The van der Waals surface area contributed by atoms with E-state index >= 15 is 0 Å². The maximum atomic E-state index is 11.1. The Morgan fingerprint density at radius 3 is 2.78 bits per heavy atom. The third-order valence-corrected chi connectivity index (χ3v) is 4.50. The highest BCUT2D eigenvalue weighted by atomic mass is 79.9. The first-order chi connectivity index (χ1) is 11.0. The zero-order chi connectivity index (χ0) is 16.4. The van der Waals surface area contributed by atoms with E-state index in [0.29, 0.717) is 11.4 Å². The molecule has 1 aliphatic rings. The van der Waals surface area contributed by atoms with Crippen molar-refractivity contribution < 1.29 is 14.3 Å². The van der Waals surface area contributed by atoms with Crippen LogP contribution in [0.1, 0.15) is 29.0 Å². The Labute approximate surface area is 146 Å². The van der Waals surface area contributed by atoms with Crippen LogP contribution in [0.5, 0.6) is 0 Å². The fraction of sp³-hybridized carbons (Fsp3) is 0.250. The normalized spacial score (nSPS) is 14.8. The highest BCUT2D eigenvalue weighted by Gasteiger charge is 2.19. The van der Waals surface area contributed by atoms with Crippen LogP contribution in [0.3, 0.4) is 0 Å². The van der Waals surface area contributed by atoms with Crippen LogP contribution in [0.25, 0.3) is 0 Å². The molecule has 1 fully saturated rings. The second-order valence-corrected chi connectivity index (χ2v) is 6.49. The second kappa shape index (κ2) is 6.76. The molecule has 120 valence electrons. The van der Waals surface area contributed by atoms with Crippen LogP contribution in [-0.4, -0.2) is 30.4 Å². The molecule has 1 aliphatic heterocycles. The number of carboxylic acids is 1. The van der Waals surface area contributed by atoms with Gasteiger partial charge in [-0.2, -0.15) is 0 Å². The van der Waals surface area contributed by atoms with Crippen LogP contribution in [0, 0.1) is 0 Å². The molecule has 5 nitrogen and oxygen atoms in total. The maximum absolute atomic E-state index is 11.1. The molecule has 1 aromatic carbocycles. The van der Waals surface area contributed by atoms with E-state index in [9.17, 15) is 4.79 Å². The highest BCUT2D eigenvalue weighted by molar-refractivity contribution is 9.10. The molecular formula is C16H14BrClN2O3. The van der Waals surface area contributed by atoms with E-state index in [1.807, 2.05) is 6.07 Å². The smallest absolute Gasteiger partial charge is 0.337 e. The number of nitrogens with zero attached hydrogens (tertiary/aromatic N) is 2. The first-order valence-electron chi connectivity index (χ1n) is 7.16. The molecule has 0 aliphatic carbocycles. The molecule has 1 saturated heterocycles. The standard InChI is InChI=1S/C16H14BrClN2O3/c17-13-8-11(23-15(13)20-5-1-2-6-20)9-19-10-3-4-14(18)12(7-10)16(21)22/h3-4,7-9H,1-2,5-6H2,(H,21,22). The molecule has 1 N–H and O–H groups in total. The first-order valence-corrected chi connectivity index (χ1v) is 8.33. The van der Waals surface area contributed by atoms with Gasteiger partial charge < -0.3 is 14.4 Å². The van der Waals surface area contributed by atoms with Crippen molar-refractivity contribution in [3.8, 4) is 0 Å². The van der Waals surface area contributed by atoms with Crippen LogP contribution >= 0.6 is 27.5 Å². The quantitative estimate of drug-likeness (QED) is 0.756. The fourth-order valence-electron chi connectivity index (χ4n) is 2.47. The SMILES string of the molecule is O=C(O)c1cc(N=Cc2cc(Br)c(N3CCCC3)o2)ccc1Cl. The molecule has 23 heavy (non-hydrogen) atoms. The lowest BCUT2D eigenvalue weighted by Crippen LogP contribution is -2.17. The first kappa shape index (κ1) is 16.1. The Hall–Kier alpha value is -1.79. The van der Waals surface area contributed by atoms with E-state index in [0.717, 1.165) is 23.4 Å². The van der Waals surface area contributed by atoms with Gasteiger partial charge in [-0.15, -0.1) is 0 Å². The summed E-state index contributed by atoms with van der Waals surface area (Å²) in [7, 11) is 0. The fourth-order valence-corrected chi connectivity index (χ4v) is 3.23. The molecule has 1 aromatic heterocycles. The number of aromatic carboxylic acids is 1. The Morgan fingerprint density at radius 2 is 2.09 bits per heavy atom. The Kier molecular flexibility index (Phi) is 4.73. The molecule has 0 saturated carbocycles. The average molecular weight is 398 g/mol. The number of carboxylic acid groups (broad SMARTS) is 1. The van der Waals surface area contributed by atoms with E-state index in [4.69, 9.17) is 21.1 Å². The molecule has 2 aromatic rings. The molecular weight excluding hydrogens is 384 g/mol. The predicted octanol–water partition coefficient (Wildman–Crippen LogP) is 4.74. The van der Waals surface area contributed by atoms with Crippen molar-refractivity contribution in [2.75, 3.05) is 18.0 Å². The van der Waals surface area contributed by atoms with Crippen molar-refractivity contribution in [2.45, 2.75) is 12.8 Å². The Bertz CT molecular complexity index is 767. The number of anilines is 1. The summed E-state index contributed by atoms with van der Waals surface area (Å²) in [4.78, 5) is 17.5. The molecule has 0 atom stereocenters. The summed E-state index contributed by atoms with van der Waals surface area (Å²) in [6, 6.07) is 6.46. The lowest BCUT2D eigenvalue weighted by Gasteiger charge is -2.13. The average Bonchev–Trinajstić information content (AvgIpc) is 3.15. The zero-order valence-electron chi connectivity index (χ0n) is 12.1. The minimum atomic E-state index is -1.08. The number of benzene rings is 1. The summed E-state index contributed by atoms with van der Waals surface area (Å²) in [6.07, 6.45) is 3.90. The Morgan fingerprint density at radius 1 is 1.35 bits per heavy atom. The number of hydrogen-bond donors (Lipinski definition) is 1. The summed E-state index contributed by atoms with van der Waals surface area (Å²) in [5.74, 6) is 0.334. The van der Waals surface area contributed by atoms with Gasteiger partial charge >= 0.3 is 5.97 Å². The van der Waals surface area contributed by atoms with E-state index in [1.54, 1.807) is 12.3 Å². The van der Waals surface area contributed by atoms with Crippen molar-refractivity contribution in [1.29, 1.82) is 0 Å². The van der Waals surface area contributed by atoms with E-state index in [2.05, 4.69) is 25.8 Å². The predicted molar refractivity (Wildman–Crippen MR) is 93.5 cm³/mol. The van der Waals surface area contributed by atoms with E-state index < -0.39 is 5.97 Å². The largest absolute Gasteiger partial charge is 0.478 e. The zero-order valence-corrected chi connectivity index (χ0v) is 14.5. The minimum absolute atomic E-state index is 0.0275. The summed E-state index contributed by atoms with van der Waals surface area (Å²) in [5, 5.41) is 9.26. The summed E-state index contributed by atoms with van der Waals surface area (Å²) < 4.78 is 6.70. The minimum Gasteiger partial charge on any atom is -0.478 e. The van der Waals surface area contributed by atoms with Gasteiger partial charge in [-0.05, 0) is 47.0 Å². The van der Waals surface area contributed by atoms with Crippen LogP contribution < -0.4 is 4.90 Å². The molecule has 2 heterocycles. The van der Waals surface area contributed by atoms with Gasteiger partial charge in [-0.25, -0.2) is 4.79 Å². The van der Waals surface area contributed by atoms with Gasteiger partial charge in [0.1, 0.15) is 5.76 Å². The molecule has 7 heteroatoms. The van der Waals surface area contributed by atoms with Gasteiger partial charge in [0.25, 0.3) is 0 Å². The number of aliphatic imine (C=N–C) groups is 1. The van der Waals surface area contributed by atoms with Gasteiger partial charge in [0.05, 0.1) is 27.0 Å². The van der Waals surface area contributed by atoms with E-state index in [-0.39, 0.29) is 10.6 Å². The van der Waals surface area contributed by atoms with Crippen molar-refractivity contribution in [3.63, 3.8) is 0 Å². The van der Waals surface area contributed by atoms with Crippen LogP contribution in [-0.2, 0) is 0 Å². The molecule has 0 bridgehead atoms. The molecule has 3 rings (SSSR count). The summed E-state index contributed by atoms with van der Waals surface area (Å²) in [5.41, 5.74) is 0.529. The van der Waals surface area contributed by atoms with Crippen LogP contribution in [0.2, 0.25) is 5.02 Å². The summed E-state index contributed by atoms with van der Waals surface area (Å²) >= 11 is 9.34. The number of furan rings is 1. The van der Waals surface area contributed by atoms with Crippen LogP contribution in [0.4, 0.5) is 11.6 Å². The lowest BCUT2D eigenvalue weighted by atomic mass is 10.2. The number of rotatable bonds is 4. The molecule has 0 spiro atoms.